The lowest BCUT2D eigenvalue weighted by Crippen LogP contribution is -2.13. The number of ether oxygens (including phenoxy) is 1. The van der Waals surface area contributed by atoms with Crippen LogP contribution in [0.15, 0.2) is 41.0 Å². The van der Waals surface area contributed by atoms with Gasteiger partial charge in [0.15, 0.2) is 0 Å². The maximum absolute atomic E-state index is 11.9. The quantitative estimate of drug-likeness (QED) is 0.652. The number of rotatable bonds is 6. The maximum atomic E-state index is 11.9. The van der Waals surface area contributed by atoms with Crippen molar-refractivity contribution >= 4 is 17.3 Å². The number of nitro benzene ring substituents is 1. The normalized spacial score (nSPS) is 10.1. The Morgan fingerprint density at radius 1 is 1.43 bits per heavy atom. The first-order valence-electron chi connectivity index (χ1n) is 6.25. The second-order valence-corrected chi connectivity index (χ2v) is 4.27. The largest absolute Gasteiger partial charge is 0.495 e. The van der Waals surface area contributed by atoms with Gasteiger partial charge < -0.3 is 14.5 Å². The molecule has 7 heteroatoms. The first kappa shape index (κ1) is 14.6. The van der Waals surface area contributed by atoms with Crippen LogP contribution in [0.4, 0.5) is 11.4 Å². The summed E-state index contributed by atoms with van der Waals surface area (Å²) in [5.74, 6) is 0.799. The Balaban J connectivity index is 2.04. The molecular weight excluding hydrogens is 276 g/mol. The number of hydrogen-bond acceptors (Lipinski definition) is 5. The first-order chi connectivity index (χ1) is 10.1. The Kier molecular flexibility index (Phi) is 4.55. The molecule has 2 rings (SSSR count). The van der Waals surface area contributed by atoms with Crippen molar-refractivity contribution in [3.05, 3.63) is 52.5 Å². The van der Waals surface area contributed by atoms with Crippen molar-refractivity contribution in [1.29, 1.82) is 0 Å². The van der Waals surface area contributed by atoms with E-state index in [1.807, 2.05) is 0 Å². The van der Waals surface area contributed by atoms with Crippen LogP contribution in [0.25, 0.3) is 0 Å². The van der Waals surface area contributed by atoms with Crippen LogP contribution in [0, 0.1) is 10.1 Å². The highest BCUT2D eigenvalue weighted by molar-refractivity contribution is 5.92. The van der Waals surface area contributed by atoms with E-state index in [1.54, 1.807) is 12.1 Å². The van der Waals surface area contributed by atoms with Crippen molar-refractivity contribution in [2.24, 2.45) is 0 Å². The molecule has 1 aromatic heterocycles. The van der Waals surface area contributed by atoms with E-state index in [4.69, 9.17) is 9.15 Å². The standard InChI is InChI=1S/C14H14N2O5/c1-20-13-6-4-10(16(18)19)9-12(13)15-14(17)7-5-11-3-2-8-21-11/h2-4,6,8-9H,5,7H2,1H3,(H,15,17). The van der Waals surface area contributed by atoms with E-state index in [2.05, 4.69) is 5.32 Å². The summed E-state index contributed by atoms with van der Waals surface area (Å²) in [6.45, 7) is 0. The van der Waals surface area contributed by atoms with Crippen LogP contribution >= 0.6 is 0 Å². The van der Waals surface area contributed by atoms with E-state index >= 15 is 0 Å². The molecule has 0 aliphatic rings. The van der Waals surface area contributed by atoms with Crippen LogP contribution < -0.4 is 10.1 Å². The number of amides is 1. The van der Waals surface area contributed by atoms with E-state index in [-0.39, 0.29) is 23.7 Å². The van der Waals surface area contributed by atoms with Gasteiger partial charge in [0.25, 0.3) is 5.69 Å². The number of benzene rings is 1. The minimum Gasteiger partial charge on any atom is -0.495 e. The molecule has 0 aliphatic carbocycles. The lowest BCUT2D eigenvalue weighted by molar-refractivity contribution is -0.384. The van der Waals surface area contributed by atoms with Crippen molar-refractivity contribution < 1.29 is 18.9 Å². The van der Waals surface area contributed by atoms with Gasteiger partial charge in [0.1, 0.15) is 11.5 Å². The SMILES string of the molecule is COc1ccc([N+](=O)[O-])cc1NC(=O)CCc1ccco1. The smallest absolute Gasteiger partial charge is 0.271 e. The van der Waals surface area contributed by atoms with E-state index in [1.165, 1.54) is 31.6 Å². The van der Waals surface area contributed by atoms with Gasteiger partial charge in [-0.15, -0.1) is 0 Å². The van der Waals surface area contributed by atoms with E-state index in [9.17, 15) is 14.9 Å². The minimum absolute atomic E-state index is 0.114. The monoisotopic (exact) mass is 290 g/mol. The van der Waals surface area contributed by atoms with Gasteiger partial charge >= 0.3 is 0 Å². The molecule has 1 N–H and O–H groups in total. The molecule has 0 aliphatic heterocycles. The molecule has 0 unspecified atom stereocenters. The van der Waals surface area contributed by atoms with E-state index in [0.717, 1.165) is 0 Å². The van der Waals surface area contributed by atoms with Crippen LogP contribution in [0.3, 0.4) is 0 Å². The van der Waals surface area contributed by atoms with Gasteiger partial charge in [-0.05, 0) is 18.2 Å². The molecule has 0 saturated carbocycles. The zero-order valence-corrected chi connectivity index (χ0v) is 11.4. The van der Waals surface area contributed by atoms with Crippen molar-refractivity contribution in [2.75, 3.05) is 12.4 Å². The number of nitrogens with zero attached hydrogens (tertiary/aromatic N) is 1. The van der Waals surface area contributed by atoms with Gasteiger partial charge in [-0.25, -0.2) is 0 Å². The number of hydrogen-bond donors (Lipinski definition) is 1. The Morgan fingerprint density at radius 3 is 2.86 bits per heavy atom. The third-order valence-corrected chi connectivity index (χ3v) is 2.85. The van der Waals surface area contributed by atoms with Gasteiger partial charge in [-0.2, -0.15) is 0 Å². The molecule has 110 valence electrons. The number of nitro groups is 1. The second-order valence-electron chi connectivity index (χ2n) is 4.27. The third-order valence-electron chi connectivity index (χ3n) is 2.85. The topological polar surface area (TPSA) is 94.6 Å². The molecule has 7 nitrogen and oxygen atoms in total. The lowest BCUT2D eigenvalue weighted by atomic mass is 10.2. The Bertz CT molecular complexity index is 637. The number of aryl methyl sites for hydroxylation is 1. The zero-order chi connectivity index (χ0) is 15.2. The van der Waals surface area contributed by atoms with Gasteiger partial charge in [0, 0.05) is 25.0 Å². The molecule has 2 aromatic rings. The lowest BCUT2D eigenvalue weighted by Gasteiger charge is -2.09. The molecule has 1 heterocycles. The second kappa shape index (κ2) is 6.56. The van der Waals surface area contributed by atoms with Gasteiger partial charge in [0.2, 0.25) is 5.91 Å². The first-order valence-corrected chi connectivity index (χ1v) is 6.25. The highest BCUT2D eigenvalue weighted by atomic mass is 16.6. The number of furan rings is 1. The summed E-state index contributed by atoms with van der Waals surface area (Å²) in [6, 6.07) is 7.55. The van der Waals surface area contributed by atoms with Crippen LogP contribution in [0.5, 0.6) is 5.75 Å². The van der Waals surface area contributed by atoms with Crippen LogP contribution in [0.1, 0.15) is 12.2 Å². The molecule has 0 bridgehead atoms. The van der Waals surface area contributed by atoms with Gasteiger partial charge in [0.05, 0.1) is 24.0 Å². The molecule has 0 radical (unpaired) electrons. The van der Waals surface area contributed by atoms with Gasteiger partial charge in [-0.3, -0.25) is 14.9 Å². The summed E-state index contributed by atoms with van der Waals surface area (Å²) in [5.41, 5.74) is 0.160. The number of methoxy groups -OCH3 is 1. The van der Waals surface area contributed by atoms with E-state index < -0.39 is 4.92 Å². The molecule has 0 atom stereocenters. The van der Waals surface area contributed by atoms with Crippen molar-refractivity contribution in [3.8, 4) is 5.75 Å². The highest BCUT2D eigenvalue weighted by Crippen LogP contribution is 2.29. The van der Waals surface area contributed by atoms with Gasteiger partial charge in [-0.1, -0.05) is 0 Å². The Labute approximate surface area is 120 Å². The molecule has 0 saturated heterocycles. The van der Waals surface area contributed by atoms with Crippen LogP contribution in [-0.2, 0) is 11.2 Å². The Morgan fingerprint density at radius 2 is 2.24 bits per heavy atom. The minimum atomic E-state index is -0.530. The predicted octanol–water partition coefficient (Wildman–Crippen LogP) is 2.77. The highest BCUT2D eigenvalue weighted by Gasteiger charge is 2.13. The average Bonchev–Trinajstić information content (AvgIpc) is 2.98. The molecule has 21 heavy (non-hydrogen) atoms. The fourth-order valence-corrected chi connectivity index (χ4v) is 1.81. The fraction of sp³-hybridized carbons (Fsp3) is 0.214. The number of nitrogens with one attached hydrogen (secondary N) is 1. The summed E-state index contributed by atoms with van der Waals surface area (Å²) in [7, 11) is 1.43. The summed E-state index contributed by atoms with van der Waals surface area (Å²) in [4.78, 5) is 22.1. The summed E-state index contributed by atoms with van der Waals surface area (Å²) in [6.07, 6.45) is 2.20. The number of anilines is 1. The van der Waals surface area contributed by atoms with E-state index in [0.29, 0.717) is 17.9 Å². The summed E-state index contributed by atoms with van der Waals surface area (Å²) in [5, 5.41) is 13.4. The summed E-state index contributed by atoms with van der Waals surface area (Å²) >= 11 is 0. The molecule has 0 spiro atoms. The van der Waals surface area contributed by atoms with Crippen molar-refractivity contribution in [2.45, 2.75) is 12.8 Å². The molecule has 0 fully saturated rings. The number of non-ortho nitro benzene ring substituents is 1. The fourth-order valence-electron chi connectivity index (χ4n) is 1.81. The molecule has 1 amide bonds. The van der Waals surface area contributed by atoms with Crippen LogP contribution in [-0.4, -0.2) is 17.9 Å². The number of carbonyl (C=O) groups excluding carboxylic acids is 1. The predicted molar refractivity (Wildman–Crippen MR) is 75.3 cm³/mol. The third kappa shape index (κ3) is 3.82. The molecular formula is C14H14N2O5. The van der Waals surface area contributed by atoms with Crippen molar-refractivity contribution in [1.82, 2.24) is 0 Å². The summed E-state index contributed by atoms with van der Waals surface area (Å²) < 4.78 is 10.2. The molecule has 1 aromatic carbocycles. The zero-order valence-electron chi connectivity index (χ0n) is 11.4. The average molecular weight is 290 g/mol. The van der Waals surface area contributed by atoms with Crippen LogP contribution in [0.2, 0.25) is 0 Å². The maximum Gasteiger partial charge on any atom is 0.271 e. The number of carbonyl (C=O) groups is 1. The van der Waals surface area contributed by atoms with Crippen molar-refractivity contribution in [3.63, 3.8) is 0 Å². The Hall–Kier alpha value is -2.83.